The SMILES string of the molecule is Clc1cccc(-c2cccc(N3CN=C(c4ccccc4)N=C3c3ccccc3)c2)c1. The molecule has 0 atom stereocenters. The van der Waals surface area contributed by atoms with E-state index in [9.17, 15) is 0 Å². The molecule has 0 spiro atoms. The second kappa shape index (κ2) is 8.58. The molecule has 0 saturated heterocycles. The molecule has 4 aromatic rings. The van der Waals surface area contributed by atoms with E-state index in [1.807, 2.05) is 66.7 Å². The zero-order chi connectivity index (χ0) is 21.0. The number of halogens is 1. The van der Waals surface area contributed by atoms with Gasteiger partial charge in [0, 0.05) is 21.8 Å². The number of hydrogen-bond donors (Lipinski definition) is 0. The van der Waals surface area contributed by atoms with Gasteiger partial charge in [-0.25, -0.2) is 9.98 Å². The summed E-state index contributed by atoms with van der Waals surface area (Å²) >= 11 is 6.21. The number of anilines is 1. The Labute approximate surface area is 187 Å². The summed E-state index contributed by atoms with van der Waals surface area (Å²) in [6.07, 6.45) is 0. The Morgan fingerprint density at radius 1 is 0.613 bits per heavy atom. The summed E-state index contributed by atoms with van der Waals surface area (Å²) in [7, 11) is 0. The van der Waals surface area contributed by atoms with Gasteiger partial charge < -0.3 is 4.90 Å². The lowest BCUT2D eigenvalue weighted by atomic mass is 10.0. The highest BCUT2D eigenvalue weighted by Gasteiger charge is 2.21. The minimum Gasteiger partial charge on any atom is -0.306 e. The van der Waals surface area contributed by atoms with Crippen molar-refractivity contribution in [3.8, 4) is 11.1 Å². The van der Waals surface area contributed by atoms with Gasteiger partial charge in [0.1, 0.15) is 12.5 Å². The van der Waals surface area contributed by atoms with Crippen molar-refractivity contribution in [1.29, 1.82) is 0 Å². The molecule has 0 radical (unpaired) electrons. The molecule has 3 nitrogen and oxygen atoms in total. The van der Waals surface area contributed by atoms with Gasteiger partial charge in [0.05, 0.1) is 0 Å². The molecule has 150 valence electrons. The van der Waals surface area contributed by atoms with E-state index in [0.29, 0.717) is 6.67 Å². The van der Waals surface area contributed by atoms with Gasteiger partial charge in [-0.1, -0.05) is 96.5 Å². The Bertz CT molecular complexity index is 1260. The van der Waals surface area contributed by atoms with E-state index in [-0.39, 0.29) is 0 Å². The third-order valence-corrected chi connectivity index (χ3v) is 5.44. The number of rotatable bonds is 4. The van der Waals surface area contributed by atoms with Gasteiger partial charge in [0.2, 0.25) is 0 Å². The molecular weight excluding hydrogens is 402 g/mol. The molecule has 0 unspecified atom stereocenters. The van der Waals surface area contributed by atoms with Crippen LogP contribution in [0.2, 0.25) is 5.02 Å². The number of aliphatic imine (C=N–C) groups is 2. The predicted molar refractivity (Wildman–Crippen MR) is 130 cm³/mol. The molecule has 4 aromatic carbocycles. The van der Waals surface area contributed by atoms with Gasteiger partial charge in [0.25, 0.3) is 0 Å². The van der Waals surface area contributed by atoms with E-state index in [4.69, 9.17) is 21.6 Å². The van der Waals surface area contributed by atoms with Gasteiger partial charge >= 0.3 is 0 Å². The molecule has 0 bridgehead atoms. The first-order valence-electron chi connectivity index (χ1n) is 10.2. The van der Waals surface area contributed by atoms with E-state index in [1.165, 1.54) is 0 Å². The quantitative estimate of drug-likeness (QED) is 0.361. The lowest BCUT2D eigenvalue weighted by molar-refractivity contribution is 0.985. The highest BCUT2D eigenvalue weighted by Crippen LogP contribution is 2.29. The molecule has 0 aromatic heterocycles. The molecule has 0 amide bonds. The molecule has 31 heavy (non-hydrogen) atoms. The van der Waals surface area contributed by atoms with E-state index in [2.05, 4.69) is 47.4 Å². The minimum absolute atomic E-state index is 0.497. The van der Waals surface area contributed by atoms with Crippen LogP contribution in [0.4, 0.5) is 5.69 Å². The first-order chi connectivity index (χ1) is 15.3. The number of nitrogens with zero attached hydrogens (tertiary/aromatic N) is 3. The molecule has 0 aliphatic carbocycles. The van der Waals surface area contributed by atoms with E-state index >= 15 is 0 Å². The molecule has 1 aliphatic heterocycles. The van der Waals surface area contributed by atoms with Gasteiger partial charge in [-0.15, -0.1) is 0 Å². The summed E-state index contributed by atoms with van der Waals surface area (Å²) in [5, 5.41) is 0.726. The zero-order valence-corrected chi connectivity index (χ0v) is 17.6. The second-order valence-electron chi connectivity index (χ2n) is 7.28. The summed E-state index contributed by atoms with van der Waals surface area (Å²) in [6.45, 7) is 0.497. The van der Waals surface area contributed by atoms with Crippen molar-refractivity contribution in [2.45, 2.75) is 0 Å². The van der Waals surface area contributed by atoms with Crippen LogP contribution in [0.1, 0.15) is 11.1 Å². The predicted octanol–water partition coefficient (Wildman–Crippen LogP) is 6.68. The zero-order valence-electron chi connectivity index (χ0n) is 16.8. The molecule has 1 heterocycles. The van der Waals surface area contributed by atoms with E-state index < -0.39 is 0 Å². The molecular formula is C27H20ClN3. The van der Waals surface area contributed by atoms with E-state index in [0.717, 1.165) is 44.6 Å². The van der Waals surface area contributed by atoms with Crippen LogP contribution in [0.25, 0.3) is 11.1 Å². The van der Waals surface area contributed by atoms with Crippen LogP contribution in [0.3, 0.4) is 0 Å². The van der Waals surface area contributed by atoms with Crippen molar-refractivity contribution in [2.75, 3.05) is 11.6 Å². The largest absolute Gasteiger partial charge is 0.306 e. The Hall–Kier alpha value is -3.69. The maximum Gasteiger partial charge on any atom is 0.158 e. The van der Waals surface area contributed by atoms with Crippen LogP contribution >= 0.6 is 11.6 Å². The van der Waals surface area contributed by atoms with Gasteiger partial charge in [-0.3, -0.25) is 0 Å². The number of amidine groups is 2. The highest BCUT2D eigenvalue weighted by molar-refractivity contribution is 6.30. The van der Waals surface area contributed by atoms with Crippen molar-refractivity contribution in [3.05, 3.63) is 125 Å². The number of hydrogen-bond acceptors (Lipinski definition) is 3. The van der Waals surface area contributed by atoms with Gasteiger partial charge in [-0.2, -0.15) is 0 Å². The van der Waals surface area contributed by atoms with Crippen LogP contribution < -0.4 is 4.90 Å². The third-order valence-electron chi connectivity index (χ3n) is 5.21. The summed E-state index contributed by atoms with van der Waals surface area (Å²) in [5.41, 5.74) is 5.29. The fourth-order valence-electron chi connectivity index (χ4n) is 3.68. The van der Waals surface area contributed by atoms with Crippen molar-refractivity contribution in [3.63, 3.8) is 0 Å². The summed E-state index contributed by atoms with van der Waals surface area (Å²) < 4.78 is 0. The van der Waals surface area contributed by atoms with Crippen molar-refractivity contribution >= 4 is 29.0 Å². The highest BCUT2D eigenvalue weighted by atomic mass is 35.5. The molecule has 0 N–H and O–H groups in total. The fraction of sp³-hybridized carbons (Fsp3) is 0.0370. The average Bonchev–Trinajstić information content (AvgIpc) is 2.85. The van der Waals surface area contributed by atoms with Crippen molar-refractivity contribution in [1.82, 2.24) is 0 Å². The van der Waals surface area contributed by atoms with Crippen LogP contribution in [0, 0.1) is 0 Å². The standard InChI is InChI=1S/C27H20ClN3/c28-24-15-7-13-22(17-24)23-14-8-16-25(18-23)31-19-29-26(20-9-3-1-4-10-20)30-27(31)21-11-5-2-6-12-21/h1-18H,19H2. The molecule has 0 saturated carbocycles. The summed E-state index contributed by atoms with van der Waals surface area (Å²) in [5.74, 6) is 1.64. The Morgan fingerprint density at radius 3 is 1.94 bits per heavy atom. The molecule has 5 rings (SSSR count). The first kappa shape index (κ1) is 19.3. The summed E-state index contributed by atoms with van der Waals surface area (Å²) in [4.78, 5) is 11.9. The lowest BCUT2D eigenvalue weighted by Gasteiger charge is -2.28. The van der Waals surface area contributed by atoms with Crippen LogP contribution in [-0.2, 0) is 0 Å². The monoisotopic (exact) mass is 421 g/mol. The first-order valence-corrected chi connectivity index (χ1v) is 10.5. The second-order valence-corrected chi connectivity index (χ2v) is 7.72. The average molecular weight is 422 g/mol. The Balaban J connectivity index is 1.57. The number of benzene rings is 4. The maximum atomic E-state index is 6.21. The fourth-order valence-corrected chi connectivity index (χ4v) is 3.87. The van der Waals surface area contributed by atoms with Crippen LogP contribution in [0.15, 0.2) is 119 Å². The normalized spacial score (nSPS) is 13.5. The van der Waals surface area contributed by atoms with Crippen molar-refractivity contribution < 1.29 is 0 Å². The smallest absolute Gasteiger partial charge is 0.158 e. The van der Waals surface area contributed by atoms with Gasteiger partial charge in [-0.05, 0) is 35.4 Å². The van der Waals surface area contributed by atoms with E-state index in [1.54, 1.807) is 0 Å². The third kappa shape index (κ3) is 4.14. The Kier molecular flexibility index (Phi) is 5.34. The van der Waals surface area contributed by atoms with Crippen LogP contribution in [0.5, 0.6) is 0 Å². The maximum absolute atomic E-state index is 6.21. The van der Waals surface area contributed by atoms with Crippen molar-refractivity contribution in [2.24, 2.45) is 9.98 Å². The Morgan fingerprint density at radius 2 is 1.23 bits per heavy atom. The molecule has 4 heteroatoms. The lowest BCUT2D eigenvalue weighted by Crippen LogP contribution is -2.36. The topological polar surface area (TPSA) is 28.0 Å². The molecule has 1 aliphatic rings. The summed E-state index contributed by atoms with van der Waals surface area (Å²) in [6, 6.07) is 36.7. The molecule has 0 fully saturated rings. The van der Waals surface area contributed by atoms with Crippen LogP contribution in [-0.4, -0.2) is 18.3 Å². The minimum atomic E-state index is 0.497. The van der Waals surface area contributed by atoms with Gasteiger partial charge in [0.15, 0.2) is 5.84 Å².